The number of ether oxygens (including phenoxy) is 1. The van der Waals surface area contributed by atoms with Gasteiger partial charge in [0, 0.05) is 11.3 Å². The Kier molecular flexibility index (Phi) is 3.89. The first kappa shape index (κ1) is 13.6. The first-order valence-corrected chi connectivity index (χ1v) is 6.64. The van der Waals surface area contributed by atoms with Crippen LogP contribution >= 0.6 is 0 Å². The normalized spacial score (nSPS) is 11.0. The Morgan fingerprint density at radius 3 is 2.47 bits per heavy atom. The van der Waals surface area contributed by atoms with Crippen LogP contribution in [0.15, 0.2) is 30.3 Å². The van der Waals surface area contributed by atoms with E-state index in [9.17, 15) is 4.79 Å². The van der Waals surface area contributed by atoms with Crippen LogP contribution in [-0.2, 0) is 4.79 Å². The molecule has 0 N–H and O–H groups in total. The number of benzene rings is 2. The second kappa shape index (κ2) is 5.43. The summed E-state index contributed by atoms with van der Waals surface area (Å²) in [6.07, 6.45) is 0. The maximum Gasteiger partial charge on any atom is 0.172 e. The molecule has 0 saturated heterocycles. The molecule has 2 aromatic carbocycles. The summed E-state index contributed by atoms with van der Waals surface area (Å²) in [5.74, 6) is 0.934. The van der Waals surface area contributed by atoms with E-state index < -0.39 is 0 Å². The average molecular weight is 256 g/mol. The van der Waals surface area contributed by atoms with Crippen molar-refractivity contribution in [1.29, 1.82) is 0 Å². The summed E-state index contributed by atoms with van der Waals surface area (Å²) in [6.45, 7) is 8.04. The molecule has 0 aliphatic rings. The number of hydrogen-bond acceptors (Lipinski definition) is 2. The molecule has 0 spiro atoms. The molecule has 100 valence electrons. The Bertz CT molecular complexity index is 607. The van der Waals surface area contributed by atoms with Crippen molar-refractivity contribution in [3.8, 4) is 5.75 Å². The smallest absolute Gasteiger partial charge is 0.172 e. The van der Waals surface area contributed by atoms with Crippen LogP contribution in [0.1, 0.15) is 25.0 Å². The van der Waals surface area contributed by atoms with Gasteiger partial charge in [0.2, 0.25) is 0 Å². The van der Waals surface area contributed by atoms with Gasteiger partial charge in [0.25, 0.3) is 0 Å². The number of carbonyl (C=O) groups is 1. The third-order valence-electron chi connectivity index (χ3n) is 3.23. The molecule has 0 fully saturated rings. The monoisotopic (exact) mass is 256 g/mol. The molecular weight excluding hydrogens is 236 g/mol. The zero-order valence-electron chi connectivity index (χ0n) is 12.0. The molecule has 2 aromatic rings. The molecule has 0 aliphatic heterocycles. The fraction of sp³-hybridized carbons (Fsp3) is 0.353. The van der Waals surface area contributed by atoms with Gasteiger partial charge in [0.1, 0.15) is 12.4 Å². The van der Waals surface area contributed by atoms with Crippen molar-refractivity contribution in [3.05, 3.63) is 41.5 Å². The number of ketones is 1. The lowest BCUT2D eigenvalue weighted by molar-refractivity contribution is -0.123. The topological polar surface area (TPSA) is 26.3 Å². The number of aryl methyl sites for hydroxylation is 2. The van der Waals surface area contributed by atoms with Crippen LogP contribution in [0.2, 0.25) is 0 Å². The van der Waals surface area contributed by atoms with Crippen LogP contribution in [0.3, 0.4) is 0 Å². The van der Waals surface area contributed by atoms with Gasteiger partial charge in [-0.15, -0.1) is 0 Å². The minimum atomic E-state index is 0.0123. The molecule has 0 radical (unpaired) electrons. The molecular formula is C17H20O2. The lowest BCUT2D eigenvalue weighted by Crippen LogP contribution is -2.16. The van der Waals surface area contributed by atoms with E-state index in [4.69, 9.17) is 4.74 Å². The summed E-state index contributed by atoms with van der Waals surface area (Å²) in [5.41, 5.74) is 2.37. The first-order valence-electron chi connectivity index (χ1n) is 6.64. The fourth-order valence-corrected chi connectivity index (χ4v) is 2.03. The predicted molar refractivity (Wildman–Crippen MR) is 78.8 cm³/mol. The molecule has 0 aromatic heterocycles. The van der Waals surface area contributed by atoms with E-state index >= 15 is 0 Å². The molecule has 2 nitrogen and oxygen atoms in total. The highest BCUT2D eigenvalue weighted by molar-refractivity contribution is 5.90. The molecule has 0 atom stereocenters. The summed E-state index contributed by atoms with van der Waals surface area (Å²) in [4.78, 5) is 11.7. The molecule has 0 amide bonds. The SMILES string of the molecule is Cc1ccc2c(OCC(=O)C(C)C)cc(C)cc2c1. The maximum atomic E-state index is 11.7. The van der Waals surface area contributed by atoms with Gasteiger partial charge in [-0.05, 0) is 30.9 Å². The predicted octanol–water partition coefficient (Wildman–Crippen LogP) is 4.06. The molecule has 0 aliphatic carbocycles. The highest BCUT2D eigenvalue weighted by Crippen LogP contribution is 2.28. The maximum absolute atomic E-state index is 11.7. The third-order valence-corrected chi connectivity index (χ3v) is 3.23. The van der Waals surface area contributed by atoms with Gasteiger partial charge in [0.15, 0.2) is 5.78 Å². The first-order chi connectivity index (χ1) is 8.97. The van der Waals surface area contributed by atoms with E-state index in [0.29, 0.717) is 0 Å². The standard InChI is InChI=1S/C17H20O2/c1-11(2)16(18)10-19-17-9-13(4)8-14-7-12(3)5-6-15(14)17/h5-9,11H,10H2,1-4H3. The fourth-order valence-electron chi connectivity index (χ4n) is 2.03. The van der Waals surface area contributed by atoms with Crippen molar-refractivity contribution in [1.82, 2.24) is 0 Å². The Morgan fingerprint density at radius 1 is 1.11 bits per heavy atom. The van der Waals surface area contributed by atoms with Crippen molar-refractivity contribution in [2.75, 3.05) is 6.61 Å². The van der Waals surface area contributed by atoms with Crippen LogP contribution in [0.25, 0.3) is 10.8 Å². The van der Waals surface area contributed by atoms with Gasteiger partial charge in [-0.1, -0.05) is 43.7 Å². The van der Waals surface area contributed by atoms with Gasteiger partial charge in [0.05, 0.1) is 0 Å². The van der Waals surface area contributed by atoms with Gasteiger partial charge < -0.3 is 4.74 Å². The van der Waals surface area contributed by atoms with E-state index in [0.717, 1.165) is 22.1 Å². The van der Waals surface area contributed by atoms with Gasteiger partial charge in [-0.3, -0.25) is 4.79 Å². The van der Waals surface area contributed by atoms with Gasteiger partial charge in [-0.2, -0.15) is 0 Å². The molecule has 0 saturated carbocycles. The molecule has 0 bridgehead atoms. The van der Waals surface area contributed by atoms with E-state index in [2.05, 4.69) is 31.2 Å². The Labute approximate surface area is 114 Å². The number of carbonyl (C=O) groups excluding carboxylic acids is 1. The largest absolute Gasteiger partial charge is 0.485 e. The molecule has 2 rings (SSSR count). The van der Waals surface area contributed by atoms with E-state index in [1.54, 1.807) is 0 Å². The quantitative estimate of drug-likeness (QED) is 0.824. The number of Topliss-reactive ketones (excluding diaryl/α,β-unsaturated/α-hetero) is 1. The Balaban J connectivity index is 2.34. The lowest BCUT2D eigenvalue weighted by atomic mass is 10.0. The zero-order valence-corrected chi connectivity index (χ0v) is 12.0. The number of fused-ring (bicyclic) bond motifs is 1. The molecule has 0 unspecified atom stereocenters. The minimum Gasteiger partial charge on any atom is -0.485 e. The highest BCUT2D eigenvalue weighted by Gasteiger charge is 2.10. The van der Waals surface area contributed by atoms with E-state index in [1.165, 1.54) is 5.56 Å². The Morgan fingerprint density at radius 2 is 1.79 bits per heavy atom. The van der Waals surface area contributed by atoms with Crippen molar-refractivity contribution in [3.63, 3.8) is 0 Å². The Hall–Kier alpha value is -1.83. The van der Waals surface area contributed by atoms with E-state index in [-0.39, 0.29) is 18.3 Å². The summed E-state index contributed by atoms with van der Waals surface area (Å²) in [5, 5.41) is 2.22. The zero-order chi connectivity index (χ0) is 14.0. The molecule has 19 heavy (non-hydrogen) atoms. The number of rotatable bonds is 4. The van der Waals surface area contributed by atoms with Crippen LogP contribution in [0, 0.1) is 19.8 Å². The molecule has 2 heteroatoms. The van der Waals surface area contributed by atoms with Crippen molar-refractivity contribution in [2.24, 2.45) is 5.92 Å². The van der Waals surface area contributed by atoms with Crippen molar-refractivity contribution >= 4 is 16.6 Å². The van der Waals surface area contributed by atoms with Crippen LogP contribution < -0.4 is 4.74 Å². The van der Waals surface area contributed by atoms with Crippen LogP contribution in [0.5, 0.6) is 5.75 Å². The number of hydrogen-bond donors (Lipinski definition) is 0. The summed E-state index contributed by atoms with van der Waals surface area (Å²) < 4.78 is 5.71. The van der Waals surface area contributed by atoms with Crippen LogP contribution in [-0.4, -0.2) is 12.4 Å². The summed E-state index contributed by atoms with van der Waals surface area (Å²) in [7, 11) is 0. The summed E-state index contributed by atoms with van der Waals surface area (Å²) >= 11 is 0. The van der Waals surface area contributed by atoms with Crippen molar-refractivity contribution < 1.29 is 9.53 Å². The average Bonchev–Trinajstić information content (AvgIpc) is 2.34. The van der Waals surface area contributed by atoms with Crippen LogP contribution in [0.4, 0.5) is 0 Å². The van der Waals surface area contributed by atoms with Gasteiger partial charge >= 0.3 is 0 Å². The van der Waals surface area contributed by atoms with Gasteiger partial charge in [-0.25, -0.2) is 0 Å². The lowest BCUT2D eigenvalue weighted by Gasteiger charge is -2.12. The summed E-state index contributed by atoms with van der Waals surface area (Å²) in [6, 6.07) is 10.4. The second-order valence-corrected chi connectivity index (χ2v) is 5.40. The highest BCUT2D eigenvalue weighted by atomic mass is 16.5. The molecule has 0 heterocycles. The minimum absolute atomic E-state index is 0.0123. The van der Waals surface area contributed by atoms with E-state index in [1.807, 2.05) is 26.8 Å². The second-order valence-electron chi connectivity index (χ2n) is 5.40. The third kappa shape index (κ3) is 3.14. The van der Waals surface area contributed by atoms with Crippen molar-refractivity contribution in [2.45, 2.75) is 27.7 Å².